The summed E-state index contributed by atoms with van der Waals surface area (Å²) in [6.45, 7) is 7.25. The van der Waals surface area contributed by atoms with Gasteiger partial charge in [-0.05, 0) is 30.4 Å². The van der Waals surface area contributed by atoms with Crippen molar-refractivity contribution in [2.45, 2.75) is 13.8 Å². The number of hydrogen-bond acceptors (Lipinski definition) is 0. The van der Waals surface area contributed by atoms with Gasteiger partial charge in [0.05, 0.1) is 0 Å². The minimum Gasteiger partial charge on any atom is -0.237 e. The quantitative estimate of drug-likeness (QED) is 0.628. The number of allylic oxidation sites excluding steroid dienone is 2. The highest BCUT2D eigenvalue weighted by Gasteiger charge is 1.88. The molecule has 0 saturated heterocycles. The monoisotopic (exact) mass is 214 g/mol. The molecule has 0 N–H and O–H groups in total. The van der Waals surface area contributed by atoms with Gasteiger partial charge < -0.3 is 0 Å². The zero-order valence-corrected chi connectivity index (χ0v) is 9.68. The molecule has 0 aliphatic carbocycles. The molecule has 0 spiro atoms. The molecule has 0 amide bonds. The average molecular weight is 214 g/mol. The van der Waals surface area contributed by atoms with Crippen LogP contribution in [0.3, 0.4) is 0 Å². The van der Waals surface area contributed by atoms with Gasteiger partial charge in [0.2, 0.25) is 0 Å². The third-order valence-corrected chi connectivity index (χ3v) is 2.22. The van der Waals surface area contributed by atoms with Gasteiger partial charge in [0.15, 0.2) is 6.67 Å². The van der Waals surface area contributed by atoms with Crippen LogP contribution < -0.4 is 10.4 Å². The largest absolute Gasteiger partial charge is 0.237 e. The molecule has 0 atom stereocenters. The van der Waals surface area contributed by atoms with Crippen molar-refractivity contribution in [1.29, 1.82) is 0 Å². The number of hydrogen-bond donors (Lipinski definition) is 0. The molecular weight excluding hydrogens is 199 g/mol. The standard InChI is InChI=1S/C15H15F/c1-4-14(6-5-9-16)11-15-10-12(2)7-8-13(15)3/h4,7-8,10-11H,3,9H2,1-2H3/b14-4-,15-11-. The van der Waals surface area contributed by atoms with E-state index in [-0.39, 0.29) is 0 Å². The van der Waals surface area contributed by atoms with Gasteiger partial charge in [-0.25, -0.2) is 4.39 Å². The van der Waals surface area contributed by atoms with Crippen LogP contribution >= 0.6 is 0 Å². The Labute approximate surface area is 95.8 Å². The highest BCUT2D eigenvalue weighted by molar-refractivity contribution is 5.57. The first-order valence-corrected chi connectivity index (χ1v) is 5.16. The molecule has 0 fully saturated rings. The third-order valence-electron chi connectivity index (χ3n) is 2.22. The molecule has 0 aliphatic heterocycles. The van der Waals surface area contributed by atoms with Crippen LogP contribution in [0.4, 0.5) is 4.39 Å². The highest BCUT2D eigenvalue weighted by atomic mass is 19.1. The van der Waals surface area contributed by atoms with Crippen LogP contribution in [0.1, 0.15) is 12.5 Å². The van der Waals surface area contributed by atoms with Crippen molar-refractivity contribution in [2.75, 3.05) is 6.67 Å². The zero-order valence-electron chi connectivity index (χ0n) is 9.68. The molecule has 1 aromatic rings. The summed E-state index contributed by atoms with van der Waals surface area (Å²) in [5.41, 5.74) is 1.99. The summed E-state index contributed by atoms with van der Waals surface area (Å²) in [7, 11) is 0. The van der Waals surface area contributed by atoms with Gasteiger partial charge in [-0.3, -0.25) is 0 Å². The summed E-state index contributed by atoms with van der Waals surface area (Å²) >= 11 is 0. The van der Waals surface area contributed by atoms with E-state index in [4.69, 9.17) is 0 Å². The Bertz CT molecular complexity index is 553. The number of rotatable bonds is 1. The minimum atomic E-state index is -0.615. The van der Waals surface area contributed by atoms with Gasteiger partial charge in [0.25, 0.3) is 0 Å². The molecular formula is C15H15F. The van der Waals surface area contributed by atoms with Gasteiger partial charge in [-0.15, -0.1) is 0 Å². The highest BCUT2D eigenvalue weighted by Crippen LogP contribution is 1.94. The molecule has 1 rings (SSSR count). The summed E-state index contributed by atoms with van der Waals surface area (Å²) < 4.78 is 11.9. The van der Waals surface area contributed by atoms with E-state index < -0.39 is 6.67 Å². The van der Waals surface area contributed by atoms with E-state index >= 15 is 0 Å². The first-order valence-electron chi connectivity index (χ1n) is 5.16. The summed E-state index contributed by atoms with van der Waals surface area (Å²) in [6, 6.07) is 6.03. The van der Waals surface area contributed by atoms with Crippen molar-refractivity contribution in [3.8, 4) is 11.8 Å². The molecule has 16 heavy (non-hydrogen) atoms. The van der Waals surface area contributed by atoms with Crippen molar-refractivity contribution in [3.05, 3.63) is 45.8 Å². The Morgan fingerprint density at radius 3 is 2.88 bits per heavy atom. The first-order chi connectivity index (χ1) is 7.67. The van der Waals surface area contributed by atoms with Crippen molar-refractivity contribution >= 4 is 12.7 Å². The van der Waals surface area contributed by atoms with Crippen LogP contribution in [0, 0.1) is 18.8 Å². The Hall–Kier alpha value is -1.81. The molecule has 1 aromatic carbocycles. The van der Waals surface area contributed by atoms with Crippen LogP contribution in [0.15, 0.2) is 29.8 Å². The van der Waals surface area contributed by atoms with E-state index in [9.17, 15) is 4.39 Å². The number of aryl methyl sites for hydroxylation is 1. The molecule has 0 radical (unpaired) electrons. The van der Waals surface area contributed by atoms with E-state index in [0.29, 0.717) is 0 Å². The van der Waals surface area contributed by atoms with Gasteiger partial charge in [0.1, 0.15) is 0 Å². The van der Waals surface area contributed by atoms with Crippen LogP contribution in [-0.4, -0.2) is 6.67 Å². The second kappa shape index (κ2) is 5.92. The average Bonchev–Trinajstić information content (AvgIpc) is 2.28. The molecule has 0 heterocycles. The zero-order chi connectivity index (χ0) is 12.0. The molecule has 1 heteroatoms. The van der Waals surface area contributed by atoms with Crippen LogP contribution in [-0.2, 0) is 0 Å². The summed E-state index contributed by atoms with van der Waals surface area (Å²) in [5, 5.41) is 1.98. The smallest absolute Gasteiger partial charge is 0.150 e. The summed E-state index contributed by atoms with van der Waals surface area (Å²) in [6.07, 6.45) is 3.79. The molecule has 0 unspecified atom stereocenters. The molecule has 0 aliphatic rings. The lowest BCUT2D eigenvalue weighted by Crippen LogP contribution is -2.22. The van der Waals surface area contributed by atoms with E-state index in [1.165, 1.54) is 5.56 Å². The first kappa shape index (κ1) is 12.3. The summed E-state index contributed by atoms with van der Waals surface area (Å²) in [5.74, 6) is 5.18. The van der Waals surface area contributed by atoms with E-state index in [1.807, 2.05) is 44.2 Å². The fourth-order valence-corrected chi connectivity index (χ4v) is 1.34. The van der Waals surface area contributed by atoms with E-state index in [0.717, 1.165) is 16.0 Å². The van der Waals surface area contributed by atoms with E-state index in [1.54, 1.807) is 0 Å². The molecule has 0 aromatic heterocycles. The molecule has 0 bridgehead atoms. The van der Waals surface area contributed by atoms with Crippen molar-refractivity contribution in [2.24, 2.45) is 0 Å². The number of benzene rings is 1. The topological polar surface area (TPSA) is 0 Å². The fraction of sp³-hybridized carbons (Fsp3) is 0.200. The molecule has 82 valence electrons. The lowest BCUT2D eigenvalue weighted by Gasteiger charge is -1.94. The van der Waals surface area contributed by atoms with Crippen LogP contribution in [0.5, 0.6) is 0 Å². The maximum Gasteiger partial charge on any atom is 0.150 e. The van der Waals surface area contributed by atoms with E-state index in [2.05, 4.69) is 18.4 Å². The number of alkyl halides is 1. The Kier molecular flexibility index (Phi) is 4.54. The van der Waals surface area contributed by atoms with Gasteiger partial charge in [-0.1, -0.05) is 48.3 Å². The second-order valence-electron chi connectivity index (χ2n) is 3.53. The summed E-state index contributed by atoms with van der Waals surface area (Å²) in [4.78, 5) is 0. The Morgan fingerprint density at radius 2 is 2.25 bits per heavy atom. The lowest BCUT2D eigenvalue weighted by molar-refractivity contribution is 0.573. The van der Waals surface area contributed by atoms with Gasteiger partial charge in [0, 0.05) is 5.57 Å². The van der Waals surface area contributed by atoms with Gasteiger partial charge >= 0.3 is 0 Å². The Balaban J connectivity index is 3.26. The minimum absolute atomic E-state index is 0.615. The molecule has 0 nitrogen and oxygen atoms in total. The normalized spacial score (nSPS) is 12.2. The predicted molar refractivity (Wildman–Crippen MR) is 67.9 cm³/mol. The second-order valence-corrected chi connectivity index (χ2v) is 3.53. The molecule has 0 saturated carbocycles. The third kappa shape index (κ3) is 3.40. The maximum atomic E-state index is 11.9. The maximum absolute atomic E-state index is 11.9. The lowest BCUT2D eigenvalue weighted by atomic mass is 10.1. The predicted octanol–water partition coefficient (Wildman–Crippen LogP) is 2.11. The van der Waals surface area contributed by atoms with Crippen molar-refractivity contribution in [1.82, 2.24) is 0 Å². The fourth-order valence-electron chi connectivity index (χ4n) is 1.34. The van der Waals surface area contributed by atoms with Crippen molar-refractivity contribution < 1.29 is 4.39 Å². The number of halogens is 1. The van der Waals surface area contributed by atoms with Gasteiger partial charge in [-0.2, -0.15) is 0 Å². The Morgan fingerprint density at radius 1 is 1.50 bits per heavy atom. The SMILES string of the molecule is C=c1ccc(C)c/c1=C/C(C#CCF)=C\C. The van der Waals surface area contributed by atoms with Crippen LogP contribution in [0.25, 0.3) is 12.7 Å². The van der Waals surface area contributed by atoms with Crippen molar-refractivity contribution in [3.63, 3.8) is 0 Å². The van der Waals surface area contributed by atoms with Crippen LogP contribution in [0.2, 0.25) is 0 Å².